The van der Waals surface area contributed by atoms with E-state index in [9.17, 15) is 13.2 Å². The molecule has 1 amide bonds. The van der Waals surface area contributed by atoms with Crippen LogP contribution in [0.5, 0.6) is 0 Å². The average Bonchev–Trinajstić information content (AvgIpc) is 3.00. The van der Waals surface area contributed by atoms with Crippen molar-refractivity contribution in [3.05, 3.63) is 29.8 Å². The minimum Gasteiger partial charge on any atom is -0.377 e. The van der Waals surface area contributed by atoms with Crippen LogP contribution in [0, 0.1) is 0 Å². The highest BCUT2D eigenvalue weighted by molar-refractivity contribution is 7.89. The number of nitrogens with one attached hydrogen (secondary N) is 1. The van der Waals surface area contributed by atoms with Gasteiger partial charge in [-0.2, -0.15) is 0 Å². The lowest BCUT2D eigenvalue weighted by atomic mass is 10.2. The quantitative estimate of drug-likeness (QED) is 0.866. The number of hydrogen-bond donors (Lipinski definition) is 1. The molecule has 1 aromatic carbocycles. The van der Waals surface area contributed by atoms with Crippen LogP contribution in [0.2, 0.25) is 0 Å². The van der Waals surface area contributed by atoms with Gasteiger partial charge in [0.2, 0.25) is 10.0 Å². The van der Waals surface area contributed by atoms with Crippen molar-refractivity contribution in [3.8, 4) is 0 Å². The summed E-state index contributed by atoms with van der Waals surface area (Å²) in [6, 6.07) is 6.32. The van der Waals surface area contributed by atoms with Crippen LogP contribution in [0.1, 0.15) is 48.9 Å². The number of benzene rings is 1. The summed E-state index contributed by atoms with van der Waals surface area (Å²) in [6.45, 7) is 2.44. The van der Waals surface area contributed by atoms with Crippen molar-refractivity contribution in [2.24, 2.45) is 0 Å². The molecule has 1 N–H and O–H groups in total. The van der Waals surface area contributed by atoms with Crippen molar-refractivity contribution in [1.82, 2.24) is 9.62 Å². The number of rotatable bonds is 5. The van der Waals surface area contributed by atoms with Crippen LogP contribution in [-0.2, 0) is 14.8 Å². The molecule has 3 rings (SSSR count). The fourth-order valence-corrected chi connectivity index (χ4v) is 4.46. The maximum Gasteiger partial charge on any atom is 0.253 e. The molecular weight excluding hydrogens is 340 g/mol. The lowest BCUT2D eigenvalue weighted by Gasteiger charge is -2.20. The number of sulfonamides is 1. The van der Waals surface area contributed by atoms with Gasteiger partial charge >= 0.3 is 0 Å². The van der Waals surface area contributed by atoms with Gasteiger partial charge in [-0.15, -0.1) is 0 Å². The maximum absolute atomic E-state index is 12.7. The molecule has 6 nitrogen and oxygen atoms in total. The molecule has 2 heterocycles. The highest BCUT2D eigenvalue weighted by Gasteiger charge is 2.22. The van der Waals surface area contributed by atoms with Gasteiger partial charge in [-0.25, -0.2) is 13.1 Å². The number of likely N-dealkylation sites (tertiary alicyclic amines) is 1. The second-order valence-corrected chi connectivity index (χ2v) is 8.49. The van der Waals surface area contributed by atoms with E-state index in [0.717, 1.165) is 51.6 Å². The molecule has 7 heteroatoms. The predicted molar refractivity (Wildman–Crippen MR) is 95.0 cm³/mol. The minimum atomic E-state index is -3.64. The van der Waals surface area contributed by atoms with Crippen molar-refractivity contribution < 1.29 is 17.9 Å². The molecule has 138 valence electrons. The normalized spacial score (nSPS) is 21.9. The van der Waals surface area contributed by atoms with Crippen LogP contribution in [0.4, 0.5) is 0 Å². The van der Waals surface area contributed by atoms with Gasteiger partial charge < -0.3 is 9.64 Å². The van der Waals surface area contributed by atoms with Crippen molar-refractivity contribution in [2.45, 2.75) is 49.5 Å². The molecule has 0 spiro atoms. The Bertz CT molecular complexity index is 691. The smallest absolute Gasteiger partial charge is 0.253 e. The zero-order valence-corrected chi connectivity index (χ0v) is 15.3. The summed E-state index contributed by atoms with van der Waals surface area (Å²) in [4.78, 5) is 14.7. The molecule has 25 heavy (non-hydrogen) atoms. The van der Waals surface area contributed by atoms with E-state index in [1.165, 1.54) is 12.1 Å². The zero-order chi connectivity index (χ0) is 17.7. The maximum atomic E-state index is 12.7. The Morgan fingerprint density at radius 3 is 2.60 bits per heavy atom. The topological polar surface area (TPSA) is 75.7 Å². The van der Waals surface area contributed by atoms with Crippen molar-refractivity contribution in [3.63, 3.8) is 0 Å². The molecule has 2 aliphatic heterocycles. The number of ether oxygens (including phenoxy) is 1. The van der Waals surface area contributed by atoms with Gasteiger partial charge in [-0.3, -0.25) is 4.79 Å². The molecule has 0 unspecified atom stereocenters. The number of carbonyl (C=O) groups is 1. The second-order valence-electron chi connectivity index (χ2n) is 6.72. The van der Waals surface area contributed by atoms with E-state index in [0.29, 0.717) is 12.2 Å². The zero-order valence-electron chi connectivity index (χ0n) is 14.4. The Labute approximate surface area is 149 Å². The highest BCUT2D eigenvalue weighted by Crippen LogP contribution is 2.17. The summed E-state index contributed by atoms with van der Waals surface area (Å²) in [5.74, 6) is -0.0851. The molecule has 1 atom stereocenters. The molecule has 0 saturated carbocycles. The number of carbonyl (C=O) groups excluding carboxylic acids is 1. The summed E-state index contributed by atoms with van der Waals surface area (Å²) >= 11 is 0. The van der Waals surface area contributed by atoms with Gasteiger partial charge in [-0.05, 0) is 43.9 Å². The Balaban J connectivity index is 1.70. The van der Waals surface area contributed by atoms with E-state index in [2.05, 4.69) is 4.72 Å². The third kappa shape index (κ3) is 4.80. The molecule has 0 radical (unpaired) electrons. The van der Waals surface area contributed by atoms with Gasteiger partial charge in [0.15, 0.2) is 0 Å². The first-order valence-corrected chi connectivity index (χ1v) is 10.6. The first-order chi connectivity index (χ1) is 12.1. The van der Waals surface area contributed by atoms with Crippen LogP contribution in [0.15, 0.2) is 29.2 Å². The summed E-state index contributed by atoms with van der Waals surface area (Å²) in [5.41, 5.74) is 0.432. The van der Waals surface area contributed by atoms with E-state index in [1.54, 1.807) is 12.1 Å². The average molecular weight is 366 g/mol. The van der Waals surface area contributed by atoms with Crippen LogP contribution in [0.25, 0.3) is 0 Å². The third-order valence-electron chi connectivity index (χ3n) is 4.81. The van der Waals surface area contributed by atoms with E-state index in [-0.39, 0.29) is 23.5 Å². The SMILES string of the molecule is O=C(c1cccc(S(=O)(=O)NC[C@@H]2CCCO2)c1)N1CCCCCC1. The Morgan fingerprint density at radius 1 is 1.16 bits per heavy atom. The summed E-state index contributed by atoms with van der Waals surface area (Å²) in [5, 5.41) is 0. The van der Waals surface area contributed by atoms with Crippen LogP contribution >= 0.6 is 0 Å². The molecule has 0 bridgehead atoms. The molecule has 2 saturated heterocycles. The van der Waals surface area contributed by atoms with E-state index in [1.807, 2.05) is 4.90 Å². The lowest BCUT2D eigenvalue weighted by Crippen LogP contribution is -2.33. The summed E-state index contributed by atoms with van der Waals surface area (Å²) in [7, 11) is -3.64. The lowest BCUT2D eigenvalue weighted by molar-refractivity contribution is 0.0761. The Morgan fingerprint density at radius 2 is 1.92 bits per heavy atom. The van der Waals surface area contributed by atoms with Gasteiger partial charge in [0.05, 0.1) is 11.0 Å². The third-order valence-corrected chi connectivity index (χ3v) is 6.23. The fraction of sp³-hybridized carbons (Fsp3) is 0.611. The monoisotopic (exact) mass is 366 g/mol. The van der Waals surface area contributed by atoms with Gasteiger partial charge in [0.1, 0.15) is 0 Å². The Hall–Kier alpha value is -1.44. The first-order valence-electron chi connectivity index (χ1n) is 9.07. The van der Waals surface area contributed by atoms with Gasteiger partial charge in [-0.1, -0.05) is 18.9 Å². The van der Waals surface area contributed by atoms with Crippen LogP contribution in [-0.4, -0.2) is 51.6 Å². The number of hydrogen-bond acceptors (Lipinski definition) is 4. The molecule has 2 fully saturated rings. The molecule has 0 aliphatic carbocycles. The second kappa shape index (κ2) is 8.29. The Kier molecular flexibility index (Phi) is 6.09. The largest absolute Gasteiger partial charge is 0.377 e. The summed E-state index contributed by atoms with van der Waals surface area (Å²) < 4.78 is 33.1. The van der Waals surface area contributed by atoms with E-state index >= 15 is 0 Å². The van der Waals surface area contributed by atoms with Crippen LogP contribution < -0.4 is 4.72 Å². The van der Waals surface area contributed by atoms with E-state index < -0.39 is 10.0 Å². The van der Waals surface area contributed by atoms with Crippen LogP contribution in [0.3, 0.4) is 0 Å². The predicted octanol–water partition coefficient (Wildman–Crippen LogP) is 2.16. The van der Waals surface area contributed by atoms with E-state index in [4.69, 9.17) is 4.74 Å². The van der Waals surface area contributed by atoms with Gasteiger partial charge in [0, 0.05) is 31.8 Å². The van der Waals surface area contributed by atoms with Gasteiger partial charge in [0.25, 0.3) is 5.91 Å². The molecule has 0 aromatic heterocycles. The highest BCUT2D eigenvalue weighted by atomic mass is 32.2. The number of amides is 1. The number of nitrogens with zero attached hydrogens (tertiary/aromatic N) is 1. The standard InChI is InChI=1S/C18H26N2O4S/c21-18(20-10-3-1-2-4-11-20)15-7-5-9-17(13-15)25(22,23)19-14-16-8-6-12-24-16/h5,7,9,13,16,19H,1-4,6,8,10-12,14H2/t16-/m0/s1. The molecule has 2 aliphatic rings. The minimum absolute atomic E-state index is 0.0586. The molecule has 1 aromatic rings. The first kappa shape index (κ1) is 18.4. The fourth-order valence-electron chi connectivity index (χ4n) is 3.34. The van der Waals surface area contributed by atoms with Crippen molar-refractivity contribution in [1.29, 1.82) is 0 Å². The van der Waals surface area contributed by atoms with Crippen molar-refractivity contribution in [2.75, 3.05) is 26.2 Å². The summed E-state index contributed by atoms with van der Waals surface area (Å²) in [6.07, 6.45) is 6.08. The van der Waals surface area contributed by atoms with Crippen molar-refractivity contribution >= 4 is 15.9 Å². The molecular formula is C18H26N2O4S.